The fraction of sp³-hybridized carbons (Fsp3) is 0.143. The monoisotopic (exact) mass is 493 g/mol. The molecule has 1 nitrogen and oxygen atoms in total. The molecule has 7 rings (SSSR count). The van der Waals surface area contributed by atoms with Crippen molar-refractivity contribution in [3.05, 3.63) is 126 Å². The molecule has 0 saturated heterocycles. The number of hydrogen-bond donors (Lipinski definition) is 0. The molecule has 0 radical (unpaired) electrons. The first kappa shape index (κ1) is 22.3. The van der Waals surface area contributed by atoms with Gasteiger partial charge >= 0.3 is 0 Å². The molecule has 180 valence electrons. The molecule has 2 heteroatoms. The molecule has 0 spiro atoms. The van der Waals surface area contributed by atoms with Crippen molar-refractivity contribution >= 4 is 35.5 Å². The summed E-state index contributed by atoms with van der Waals surface area (Å²) < 4.78 is 0. The van der Waals surface area contributed by atoms with E-state index < -0.39 is 8.07 Å². The van der Waals surface area contributed by atoms with Crippen LogP contribution >= 0.6 is 0 Å². The Hall–Kier alpha value is -3.88. The predicted molar refractivity (Wildman–Crippen MR) is 161 cm³/mol. The fourth-order valence-electron chi connectivity index (χ4n) is 6.76. The van der Waals surface area contributed by atoms with E-state index in [1.807, 2.05) is 0 Å². The van der Waals surface area contributed by atoms with Crippen LogP contribution in [0.4, 0.5) is 17.1 Å². The van der Waals surface area contributed by atoms with E-state index >= 15 is 0 Å². The third kappa shape index (κ3) is 3.09. The first-order valence-corrected chi connectivity index (χ1v) is 16.2. The van der Waals surface area contributed by atoms with Crippen LogP contribution in [0.3, 0.4) is 0 Å². The highest BCUT2D eigenvalue weighted by Gasteiger charge is 2.40. The minimum Gasteiger partial charge on any atom is -0.310 e. The van der Waals surface area contributed by atoms with E-state index in [4.69, 9.17) is 0 Å². The Bertz CT molecular complexity index is 1680. The number of hydrogen-bond acceptors (Lipinski definition) is 1. The van der Waals surface area contributed by atoms with Crippen molar-refractivity contribution in [2.24, 2.45) is 0 Å². The zero-order chi connectivity index (χ0) is 25.4. The summed E-state index contributed by atoms with van der Waals surface area (Å²) >= 11 is 0. The van der Waals surface area contributed by atoms with Gasteiger partial charge in [-0.05, 0) is 68.5 Å². The number of anilines is 3. The van der Waals surface area contributed by atoms with Gasteiger partial charge in [0.15, 0.2) is 0 Å². The highest BCUT2D eigenvalue weighted by Crippen LogP contribution is 2.51. The molecule has 37 heavy (non-hydrogen) atoms. The Morgan fingerprint density at radius 1 is 0.541 bits per heavy atom. The maximum Gasteiger partial charge on any atom is 0.113 e. The van der Waals surface area contributed by atoms with Gasteiger partial charge in [-0.25, -0.2) is 0 Å². The summed E-state index contributed by atoms with van der Waals surface area (Å²) in [6.45, 7) is 9.70. The van der Waals surface area contributed by atoms with Crippen molar-refractivity contribution in [3.8, 4) is 22.3 Å². The van der Waals surface area contributed by atoms with Crippen molar-refractivity contribution in [2.75, 3.05) is 4.90 Å². The van der Waals surface area contributed by atoms with Crippen LogP contribution in [0.15, 0.2) is 115 Å². The maximum atomic E-state index is 2.49. The van der Waals surface area contributed by atoms with Gasteiger partial charge in [0.1, 0.15) is 8.07 Å². The molecule has 1 heterocycles. The molecule has 0 N–H and O–H groups in total. The summed E-state index contributed by atoms with van der Waals surface area (Å²) in [5.41, 5.74) is 12.0. The van der Waals surface area contributed by atoms with Crippen LogP contribution in [0.5, 0.6) is 0 Å². The van der Waals surface area contributed by atoms with E-state index in [9.17, 15) is 0 Å². The summed E-state index contributed by atoms with van der Waals surface area (Å²) in [7, 11) is -1.77. The summed E-state index contributed by atoms with van der Waals surface area (Å²) in [6.07, 6.45) is 0. The molecule has 2 aliphatic rings. The Morgan fingerprint density at radius 3 is 2.00 bits per heavy atom. The van der Waals surface area contributed by atoms with Crippen LogP contribution in [-0.4, -0.2) is 8.07 Å². The molecule has 1 aliphatic heterocycles. The average molecular weight is 494 g/mol. The molecule has 0 aromatic heterocycles. The van der Waals surface area contributed by atoms with Gasteiger partial charge in [-0.15, -0.1) is 0 Å². The Kier molecular flexibility index (Phi) is 4.71. The second kappa shape index (κ2) is 7.81. The number of fused-ring (bicyclic) bond motifs is 6. The minimum atomic E-state index is -1.77. The van der Waals surface area contributed by atoms with Crippen LogP contribution in [0.2, 0.25) is 13.1 Å². The lowest BCUT2D eigenvalue weighted by atomic mass is 9.82. The lowest BCUT2D eigenvalue weighted by Crippen LogP contribution is -2.49. The van der Waals surface area contributed by atoms with E-state index in [1.54, 1.807) is 0 Å². The number of para-hydroxylation sites is 1. The summed E-state index contributed by atoms with van der Waals surface area (Å²) in [5, 5.41) is 3.07. The topological polar surface area (TPSA) is 3.24 Å². The molecular formula is C35H31NSi. The molecule has 0 bridgehead atoms. The van der Waals surface area contributed by atoms with Gasteiger partial charge in [-0.1, -0.05) is 112 Å². The van der Waals surface area contributed by atoms with Gasteiger partial charge in [-0.3, -0.25) is 0 Å². The van der Waals surface area contributed by atoms with Crippen molar-refractivity contribution in [1.29, 1.82) is 0 Å². The highest BCUT2D eigenvalue weighted by atomic mass is 28.3. The van der Waals surface area contributed by atoms with Gasteiger partial charge in [-0.2, -0.15) is 0 Å². The zero-order valence-electron chi connectivity index (χ0n) is 21.9. The number of benzene rings is 5. The predicted octanol–water partition coefficient (Wildman–Crippen LogP) is 8.27. The Morgan fingerprint density at radius 2 is 1.19 bits per heavy atom. The SMILES string of the molecule is CC1(C)c2ccccc2-c2ccc(N(c3ccccc3)c3cccc4c3-c3ccccc3[Si]4(C)C)cc21. The minimum absolute atomic E-state index is 0.0373. The van der Waals surface area contributed by atoms with E-state index in [2.05, 4.69) is 147 Å². The van der Waals surface area contributed by atoms with Crippen LogP contribution in [-0.2, 0) is 5.41 Å². The maximum absolute atomic E-state index is 2.49. The van der Waals surface area contributed by atoms with Crippen molar-refractivity contribution < 1.29 is 0 Å². The smallest absolute Gasteiger partial charge is 0.113 e. The second-order valence-corrected chi connectivity index (χ2v) is 15.8. The summed E-state index contributed by atoms with van der Waals surface area (Å²) in [4.78, 5) is 2.48. The lowest BCUT2D eigenvalue weighted by molar-refractivity contribution is 0.660. The lowest BCUT2D eigenvalue weighted by Gasteiger charge is -2.30. The van der Waals surface area contributed by atoms with Crippen molar-refractivity contribution in [1.82, 2.24) is 0 Å². The summed E-state index contributed by atoms with van der Waals surface area (Å²) in [6, 6.07) is 42.8. The molecule has 0 unspecified atom stereocenters. The molecule has 0 fully saturated rings. The molecule has 5 aromatic rings. The largest absolute Gasteiger partial charge is 0.310 e. The second-order valence-electron chi connectivity index (χ2n) is 11.4. The standard InChI is InChI=1S/C35H31NSi/c1-35(2)29-17-10-8-15-26(29)27-22-21-25(23-30(27)35)36(24-13-6-5-7-14-24)31-18-12-20-33-34(31)28-16-9-11-19-32(28)37(33,3)4/h5-23H,1-4H3. The molecule has 0 saturated carbocycles. The normalized spacial score (nSPS) is 15.5. The van der Waals surface area contributed by atoms with Crippen LogP contribution in [0, 0.1) is 0 Å². The van der Waals surface area contributed by atoms with Crippen molar-refractivity contribution in [2.45, 2.75) is 32.4 Å². The van der Waals surface area contributed by atoms with Gasteiger partial charge in [0.05, 0.1) is 5.69 Å². The number of nitrogens with zero attached hydrogens (tertiary/aromatic N) is 1. The fourth-order valence-corrected chi connectivity index (χ4v) is 9.84. The van der Waals surface area contributed by atoms with E-state index in [0.717, 1.165) is 0 Å². The first-order chi connectivity index (χ1) is 17.9. The molecule has 0 atom stereocenters. The van der Waals surface area contributed by atoms with E-state index in [1.165, 1.54) is 60.8 Å². The average Bonchev–Trinajstić information content (AvgIpc) is 3.30. The Balaban J connectivity index is 1.49. The number of rotatable bonds is 3. The van der Waals surface area contributed by atoms with Crippen LogP contribution < -0.4 is 15.3 Å². The molecular weight excluding hydrogens is 462 g/mol. The quantitative estimate of drug-likeness (QED) is 0.229. The summed E-state index contributed by atoms with van der Waals surface area (Å²) in [5.74, 6) is 0. The van der Waals surface area contributed by atoms with Crippen molar-refractivity contribution in [3.63, 3.8) is 0 Å². The van der Waals surface area contributed by atoms with E-state index in [0.29, 0.717) is 0 Å². The van der Waals surface area contributed by atoms with E-state index in [-0.39, 0.29) is 5.41 Å². The van der Waals surface area contributed by atoms with Crippen LogP contribution in [0.1, 0.15) is 25.0 Å². The first-order valence-electron chi connectivity index (χ1n) is 13.2. The van der Waals surface area contributed by atoms with Gasteiger partial charge < -0.3 is 4.90 Å². The van der Waals surface area contributed by atoms with Crippen LogP contribution in [0.25, 0.3) is 22.3 Å². The highest BCUT2D eigenvalue weighted by molar-refractivity contribution is 7.04. The molecule has 1 aliphatic carbocycles. The molecule has 0 amide bonds. The molecule has 5 aromatic carbocycles. The van der Waals surface area contributed by atoms with Gasteiger partial charge in [0, 0.05) is 22.4 Å². The van der Waals surface area contributed by atoms with Gasteiger partial charge in [0.2, 0.25) is 0 Å². The zero-order valence-corrected chi connectivity index (χ0v) is 22.9. The third-order valence-corrected chi connectivity index (χ3v) is 12.2. The Labute approximate surface area is 221 Å². The van der Waals surface area contributed by atoms with Gasteiger partial charge in [0.25, 0.3) is 0 Å². The third-order valence-electron chi connectivity index (χ3n) is 8.67.